The Hall–Kier alpha value is -2.13. The van der Waals surface area contributed by atoms with Crippen molar-refractivity contribution in [3.63, 3.8) is 0 Å². The number of carbonyl (C=O) groups excluding carboxylic acids is 1. The van der Waals surface area contributed by atoms with Crippen LogP contribution in [0.5, 0.6) is 0 Å². The summed E-state index contributed by atoms with van der Waals surface area (Å²) in [5.74, 6) is -0.311. The summed E-state index contributed by atoms with van der Waals surface area (Å²) < 4.78 is 6.17. The highest BCUT2D eigenvalue weighted by molar-refractivity contribution is 9.10. The van der Waals surface area contributed by atoms with Gasteiger partial charge >= 0.3 is 5.97 Å². The zero-order chi connectivity index (χ0) is 15.8. The molecule has 22 heavy (non-hydrogen) atoms. The summed E-state index contributed by atoms with van der Waals surface area (Å²) >= 11 is 3.41. The summed E-state index contributed by atoms with van der Waals surface area (Å²) in [7, 11) is 0. The maximum Gasteiger partial charge on any atom is 0.338 e. The predicted octanol–water partition coefficient (Wildman–Crippen LogP) is 5.11. The molecule has 0 fully saturated rings. The molecule has 0 aliphatic heterocycles. The summed E-state index contributed by atoms with van der Waals surface area (Å²) in [6.07, 6.45) is 5.60. The van der Waals surface area contributed by atoms with Gasteiger partial charge in [-0.2, -0.15) is 0 Å². The van der Waals surface area contributed by atoms with Gasteiger partial charge in [0.15, 0.2) is 0 Å². The number of allylic oxidation sites excluding steroid dienone is 2. The second kappa shape index (κ2) is 8.35. The number of esters is 1. The van der Waals surface area contributed by atoms with Crippen molar-refractivity contribution >= 4 is 33.5 Å². The fourth-order valence-electron chi connectivity index (χ4n) is 1.94. The molecule has 3 heteroatoms. The van der Waals surface area contributed by atoms with Crippen LogP contribution in [0.25, 0.3) is 11.6 Å². The second-order valence-electron chi connectivity index (χ2n) is 4.58. The van der Waals surface area contributed by atoms with Crippen LogP contribution in [0.1, 0.15) is 18.1 Å². The number of hydrogen-bond acceptors (Lipinski definition) is 2. The van der Waals surface area contributed by atoms with E-state index in [1.165, 1.54) is 0 Å². The van der Waals surface area contributed by atoms with E-state index in [2.05, 4.69) is 15.9 Å². The molecule has 2 nitrogen and oxygen atoms in total. The van der Waals surface area contributed by atoms with E-state index in [1.54, 1.807) is 13.0 Å². The molecule has 0 atom stereocenters. The van der Waals surface area contributed by atoms with Crippen LogP contribution in [0.4, 0.5) is 0 Å². The minimum absolute atomic E-state index is 0.311. The van der Waals surface area contributed by atoms with Gasteiger partial charge in [0, 0.05) is 4.47 Å². The van der Waals surface area contributed by atoms with E-state index in [9.17, 15) is 4.79 Å². The quantitative estimate of drug-likeness (QED) is 0.422. The maximum atomic E-state index is 12.1. The van der Waals surface area contributed by atoms with E-state index in [0.717, 1.165) is 15.6 Å². The molecule has 0 aliphatic rings. The zero-order valence-corrected chi connectivity index (χ0v) is 13.9. The third-order valence-corrected chi connectivity index (χ3v) is 3.53. The first-order valence-electron chi connectivity index (χ1n) is 7.07. The molecule has 0 saturated carbocycles. The van der Waals surface area contributed by atoms with Crippen molar-refractivity contribution in [1.29, 1.82) is 0 Å². The van der Waals surface area contributed by atoms with Gasteiger partial charge in [-0.1, -0.05) is 70.5 Å². The third-order valence-electron chi connectivity index (χ3n) is 3.00. The van der Waals surface area contributed by atoms with E-state index >= 15 is 0 Å². The van der Waals surface area contributed by atoms with Crippen LogP contribution in [-0.2, 0) is 9.53 Å². The van der Waals surface area contributed by atoms with E-state index in [4.69, 9.17) is 4.74 Å². The van der Waals surface area contributed by atoms with Gasteiger partial charge in [-0.25, -0.2) is 4.79 Å². The van der Waals surface area contributed by atoms with Crippen LogP contribution in [-0.4, -0.2) is 12.6 Å². The lowest BCUT2D eigenvalue weighted by Crippen LogP contribution is -2.06. The van der Waals surface area contributed by atoms with Gasteiger partial charge in [0.05, 0.1) is 12.2 Å². The topological polar surface area (TPSA) is 26.3 Å². The van der Waals surface area contributed by atoms with Gasteiger partial charge in [-0.15, -0.1) is 0 Å². The van der Waals surface area contributed by atoms with Crippen molar-refractivity contribution in [3.05, 3.63) is 82.3 Å². The molecule has 0 aliphatic carbocycles. The van der Waals surface area contributed by atoms with Crippen LogP contribution >= 0.6 is 15.9 Å². The molecule has 0 N–H and O–H groups in total. The summed E-state index contributed by atoms with van der Waals surface area (Å²) in [6, 6.07) is 17.5. The highest BCUT2D eigenvalue weighted by Gasteiger charge is 2.11. The Kier molecular flexibility index (Phi) is 6.16. The third kappa shape index (κ3) is 4.71. The number of benzene rings is 2. The molecular weight excluding hydrogens is 340 g/mol. The minimum atomic E-state index is -0.311. The van der Waals surface area contributed by atoms with Crippen molar-refractivity contribution in [2.45, 2.75) is 6.92 Å². The normalized spacial score (nSPS) is 11.6. The molecule has 0 aromatic heterocycles. The second-order valence-corrected chi connectivity index (χ2v) is 5.49. The minimum Gasteiger partial charge on any atom is -0.462 e. The molecule has 112 valence electrons. The number of carbonyl (C=O) groups is 1. The van der Waals surface area contributed by atoms with Crippen LogP contribution < -0.4 is 0 Å². The average Bonchev–Trinajstić information content (AvgIpc) is 2.54. The number of ether oxygens (including phenoxy) is 1. The molecule has 0 saturated heterocycles. The van der Waals surface area contributed by atoms with Crippen LogP contribution in [0.3, 0.4) is 0 Å². The van der Waals surface area contributed by atoms with Crippen LogP contribution in [0, 0.1) is 0 Å². The molecule has 2 aromatic carbocycles. The molecule has 0 bridgehead atoms. The summed E-state index contributed by atoms with van der Waals surface area (Å²) in [5, 5.41) is 0. The lowest BCUT2D eigenvalue weighted by Gasteiger charge is -2.06. The lowest BCUT2D eigenvalue weighted by molar-refractivity contribution is -0.136. The van der Waals surface area contributed by atoms with Crippen molar-refractivity contribution in [1.82, 2.24) is 0 Å². The predicted molar refractivity (Wildman–Crippen MR) is 94.2 cm³/mol. The Morgan fingerprint density at radius 1 is 1.09 bits per heavy atom. The molecular formula is C19H17BrO2. The van der Waals surface area contributed by atoms with Crippen molar-refractivity contribution in [2.24, 2.45) is 0 Å². The Bertz CT molecular complexity index is 670. The molecule has 0 spiro atoms. The first kappa shape index (κ1) is 16.2. The van der Waals surface area contributed by atoms with E-state index in [1.807, 2.05) is 66.7 Å². The van der Waals surface area contributed by atoms with Crippen molar-refractivity contribution < 1.29 is 9.53 Å². The lowest BCUT2D eigenvalue weighted by atomic mass is 10.1. The summed E-state index contributed by atoms with van der Waals surface area (Å²) in [5.41, 5.74) is 2.47. The Labute approximate surface area is 139 Å². The molecule has 0 amide bonds. The van der Waals surface area contributed by atoms with Gasteiger partial charge in [0.2, 0.25) is 0 Å². The Balaban J connectivity index is 2.24. The SMILES string of the molecule is CCOC(=O)/C(=C\C=C\c1ccc(Br)cc1)c1ccccc1. The van der Waals surface area contributed by atoms with Gasteiger partial charge < -0.3 is 4.74 Å². The van der Waals surface area contributed by atoms with Crippen molar-refractivity contribution in [3.8, 4) is 0 Å². The Morgan fingerprint density at radius 2 is 1.77 bits per heavy atom. The molecule has 2 aromatic rings. The standard InChI is InChI=1S/C19H17BrO2/c1-2-22-19(21)18(16-8-4-3-5-9-16)10-6-7-15-11-13-17(20)14-12-15/h3-14H,2H2,1H3/b7-6+,18-10-. The first-order chi connectivity index (χ1) is 10.7. The van der Waals surface area contributed by atoms with Crippen LogP contribution in [0.2, 0.25) is 0 Å². The number of rotatable bonds is 5. The average molecular weight is 357 g/mol. The fraction of sp³-hybridized carbons (Fsp3) is 0.105. The van der Waals surface area contributed by atoms with E-state index in [0.29, 0.717) is 12.2 Å². The van der Waals surface area contributed by atoms with Gasteiger partial charge in [-0.3, -0.25) is 0 Å². The van der Waals surface area contributed by atoms with Crippen LogP contribution in [0.15, 0.2) is 71.2 Å². The largest absolute Gasteiger partial charge is 0.462 e. The van der Waals surface area contributed by atoms with Gasteiger partial charge in [0.25, 0.3) is 0 Å². The smallest absolute Gasteiger partial charge is 0.338 e. The number of halogens is 1. The van der Waals surface area contributed by atoms with Gasteiger partial charge in [0.1, 0.15) is 0 Å². The molecule has 0 radical (unpaired) electrons. The highest BCUT2D eigenvalue weighted by atomic mass is 79.9. The van der Waals surface area contributed by atoms with Crippen molar-refractivity contribution in [2.75, 3.05) is 6.61 Å². The monoisotopic (exact) mass is 356 g/mol. The maximum absolute atomic E-state index is 12.1. The Morgan fingerprint density at radius 3 is 2.41 bits per heavy atom. The fourth-order valence-corrected chi connectivity index (χ4v) is 2.20. The molecule has 2 rings (SSSR count). The summed E-state index contributed by atoms with van der Waals surface area (Å²) in [6.45, 7) is 2.16. The van der Waals surface area contributed by atoms with Gasteiger partial charge in [-0.05, 0) is 36.3 Å². The zero-order valence-electron chi connectivity index (χ0n) is 12.3. The first-order valence-corrected chi connectivity index (χ1v) is 7.86. The molecule has 0 heterocycles. The summed E-state index contributed by atoms with van der Waals surface area (Å²) in [4.78, 5) is 12.1. The number of hydrogen-bond donors (Lipinski definition) is 0. The molecule has 0 unspecified atom stereocenters. The highest BCUT2D eigenvalue weighted by Crippen LogP contribution is 2.17. The van der Waals surface area contributed by atoms with E-state index < -0.39 is 0 Å². The van der Waals surface area contributed by atoms with E-state index in [-0.39, 0.29) is 5.97 Å².